The van der Waals surface area contributed by atoms with E-state index in [9.17, 15) is 0 Å². The van der Waals surface area contributed by atoms with Gasteiger partial charge in [0.05, 0.1) is 0 Å². The van der Waals surface area contributed by atoms with Gasteiger partial charge < -0.3 is 11.5 Å². The summed E-state index contributed by atoms with van der Waals surface area (Å²) in [6.45, 7) is 2.25. The van der Waals surface area contributed by atoms with Crippen molar-refractivity contribution in [2.75, 3.05) is 11.5 Å². The average molecular weight is 270 g/mol. The molecule has 0 fully saturated rings. The molecule has 0 atom stereocenters. The van der Waals surface area contributed by atoms with Crippen molar-refractivity contribution in [3.05, 3.63) is 35.9 Å². The maximum atomic E-state index is 6.15. The molecule has 0 aliphatic heterocycles. The number of fused-ring (bicyclic) bond motifs is 1. The molecule has 2 aromatic rings. The number of rotatable bonds is 7. The molecule has 2 nitrogen and oxygen atoms in total. The lowest BCUT2D eigenvalue weighted by atomic mass is 9.99. The SMILES string of the molecule is CCCCCCCCc1cc(N)c2c(N)cccc2c1. The number of hydrogen-bond donors (Lipinski definition) is 2. The van der Waals surface area contributed by atoms with E-state index in [0.717, 1.165) is 28.6 Å². The van der Waals surface area contributed by atoms with E-state index in [1.54, 1.807) is 0 Å². The first-order valence-corrected chi connectivity index (χ1v) is 7.79. The Balaban J connectivity index is 1.98. The summed E-state index contributed by atoms with van der Waals surface area (Å²) in [4.78, 5) is 0. The van der Waals surface area contributed by atoms with E-state index in [1.165, 1.54) is 44.1 Å². The summed E-state index contributed by atoms with van der Waals surface area (Å²) in [6, 6.07) is 10.3. The molecule has 0 aliphatic carbocycles. The van der Waals surface area contributed by atoms with Crippen LogP contribution in [0.4, 0.5) is 11.4 Å². The van der Waals surface area contributed by atoms with Gasteiger partial charge in [0, 0.05) is 16.8 Å². The standard InChI is InChI=1S/C18H26N2/c1-2-3-4-5-6-7-9-14-12-15-10-8-11-16(19)18(15)17(20)13-14/h8,10-13H,2-7,9,19-20H2,1H3. The van der Waals surface area contributed by atoms with Crippen LogP contribution in [0.15, 0.2) is 30.3 Å². The molecule has 0 amide bonds. The highest BCUT2D eigenvalue weighted by atomic mass is 14.6. The van der Waals surface area contributed by atoms with Gasteiger partial charge in [-0.2, -0.15) is 0 Å². The fourth-order valence-electron chi connectivity index (χ4n) is 2.81. The van der Waals surface area contributed by atoms with Crippen molar-refractivity contribution in [2.45, 2.75) is 51.9 Å². The molecule has 2 aromatic carbocycles. The summed E-state index contributed by atoms with van der Waals surface area (Å²) in [5.41, 5.74) is 15.0. The molecule has 0 bridgehead atoms. The van der Waals surface area contributed by atoms with Gasteiger partial charge in [-0.3, -0.25) is 0 Å². The first kappa shape index (κ1) is 14.7. The number of aryl methyl sites for hydroxylation is 1. The van der Waals surface area contributed by atoms with Gasteiger partial charge in [-0.25, -0.2) is 0 Å². The highest BCUT2D eigenvalue weighted by Crippen LogP contribution is 2.29. The highest BCUT2D eigenvalue weighted by Gasteiger charge is 2.04. The molecule has 4 N–H and O–H groups in total. The molecular formula is C18H26N2. The van der Waals surface area contributed by atoms with Crippen LogP contribution in [0.2, 0.25) is 0 Å². The lowest BCUT2D eigenvalue weighted by Gasteiger charge is -2.09. The Kier molecular flexibility index (Phi) is 5.28. The molecule has 0 heterocycles. The third-order valence-corrected chi connectivity index (χ3v) is 3.92. The molecule has 0 radical (unpaired) electrons. The predicted molar refractivity (Wildman–Crippen MR) is 89.9 cm³/mol. The topological polar surface area (TPSA) is 52.0 Å². The lowest BCUT2D eigenvalue weighted by molar-refractivity contribution is 0.607. The first-order chi connectivity index (χ1) is 9.72. The van der Waals surface area contributed by atoms with Crippen LogP contribution in [-0.4, -0.2) is 0 Å². The Morgan fingerprint density at radius 2 is 1.60 bits per heavy atom. The fraction of sp³-hybridized carbons (Fsp3) is 0.444. The van der Waals surface area contributed by atoms with E-state index in [0.29, 0.717) is 0 Å². The quantitative estimate of drug-likeness (QED) is 0.555. The van der Waals surface area contributed by atoms with Gasteiger partial charge in [0.2, 0.25) is 0 Å². The zero-order valence-corrected chi connectivity index (χ0v) is 12.5. The van der Waals surface area contributed by atoms with Gasteiger partial charge >= 0.3 is 0 Å². The van der Waals surface area contributed by atoms with Gasteiger partial charge in [0.1, 0.15) is 0 Å². The van der Waals surface area contributed by atoms with Crippen molar-refractivity contribution in [1.82, 2.24) is 0 Å². The van der Waals surface area contributed by atoms with Crippen molar-refractivity contribution in [2.24, 2.45) is 0 Å². The second-order valence-corrected chi connectivity index (χ2v) is 5.65. The maximum absolute atomic E-state index is 6.15. The summed E-state index contributed by atoms with van der Waals surface area (Å²) in [6.07, 6.45) is 9.06. The van der Waals surface area contributed by atoms with Crippen LogP contribution >= 0.6 is 0 Å². The molecule has 0 saturated heterocycles. The fourth-order valence-corrected chi connectivity index (χ4v) is 2.81. The Morgan fingerprint density at radius 1 is 0.850 bits per heavy atom. The van der Waals surface area contributed by atoms with Gasteiger partial charge in [-0.1, -0.05) is 57.2 Å². The normalized spacial score (nSPS) is 11.1. The number of benzene rings is 2. The zero-order chi connectivity index (χ0) is 14.4. The van der Waals surface area contributed by atoms with E-state index in [4.69, 9.17) is 11.5 Å². The number of nitrogens with two attached hydrogens (primary N) is 2. The van der Waals surface area contributed by atoms with E-state index in [2.05, 4.69) is 25.1 Å². The van der Waals surface area contributed by atoms with Crippen LogP contribution in [-0.2, 0) is 6.42 Å². The summed E-state index contributed by atoms with van der Waals surface area (Å²) in [5, 5.41) is 2.16. The summed E-state index contributed by atoms with van der Waals surface area (Å²) in [5.74, 6) is 0. The van der Waals surface area contributed by atoms with Crippen LogP contribution in [0.3, 0.4) is 0 Å². The van der Waals surface area contributed by atoms with Crippen molar-refractivity contribution < 1.29 is 0 Å². The largest absolute Gasteiger partial charge is 0.398 e. The monoisotopic (exact) mass is 270 g/mol. The second kappa shape index (κ2) is 7.18. The maximum Gasteiger partial charge on any atom is 0.0417 e. The van der Waals surface area contributed by atoms with Crippen LogP contribution in [0.5, 0.6) is 0 Å². The molecule has 0 aromatic heterocycles. The van der Waals surface area contributed by atoms with Crippen molar-refractivity contribution in [3.63, 3.8) is 0 Å². The molecule has 0 unspecified atom stereocenters. The number of anilines is 2. The third kappa shape index (κ3) is 3.66. The van der Waals surface area contributed by atoms with E-state index >= 15 is 0 Å². The van der Waals surface area contributed by atoms with E-state index < -0.39 is 0 Å². The second-order valence-electron chi connectivity index (χ2n) is 5.65. The molecule has 2 heteroatoms. The lowest BCUT2D eigenvalue weighted by Crippen LogP contribution is -1.95. The Morgan fingerprint density at radius 3 is 2.40 bits per heavy atom. The van der Waals surface area contributed by atoms with Crippen molar-refractivity contribution in [1.29, 1.82) is 0 Å². The first-order valence-electron chi connectivity index (χ1n) is 7.79. The van der Waals surface area contributed by atoms with Crippen molar-refractivity contribution >= 4 is 22.1 Å². The van der Waals surface area contributed by atoms with Gasteiger partial charge in [-0.15, -0.1) is 0 Å². The Hall–Kier alpha value is -1.70. The van der Waals surface area contributed by atoms with Gasteiger partial charge in [-0.05, 0) is 35.9 Å². The molecule has 2 rings (SSSR count). The molecular weight excluding hydrogens is 244 g/mol. The summed E-state index contributed by atoms with van der Waals surface area (Å²) in [7, 11) is 0. The summed E-state index contributed by atoms with van der Waals surface area (Å²) < 4.78 is 0. The van der Waals surface area contributed by atoms with Gasteiger partial charge in [0.15, 0.2) is 0 Å². The minimum atomic E-state index is 0.770. The van der Waals surface area contributed by atoms with Crippen LogP contribution in [0.1, 0.15) is 51.0 Å². The van der Waals surface area contributed by atoms with Crippen molar-refractivity contribution in [3.8, 4) is 0 Å². The Bertz CT molecular complexity index is 561. The number of hydrogen-bond acceptors (Lipinski definition) is 2. The Labute approximate surface area is 122 Å². The van der Waals surface area contributed by atoms with E-state index in [-0.39, 0.29) is 0 Å². The molecule has 20 heavy (non-hydrogen) atoms. The molecule has 108 valence electrons. The minimum Gasteiger partial charge on any atom is -0.398 e. The van der Waals surface area contributed by atoms with E-state index in [1.807, 2.05) is 12.1 Å². The molecule has 0 aliphatic rings. The predicted octanol–water partition coefficient (Wildman–Crippen LogP) is 4.91. The third-order valence-electron chi connectivity index (χ3n) is 3.92. The minimum absolute atomic E-state index is 0.770. The molecule has 0 saturated carbocycles. The summed E-state index contributed by atoms with van der Waals surface area (Å²) >= 11 is 0. The van der Waals surface area contributed by atoms with Crippen LogP contribution in [0.25, 0.3) is 10.8 Å². The smallest absolute Gasteiger partial charge is 0.0417 e. The van der Waals surface area contributed by atoms with Gasteiger partial charge in [0.25, 0.3) is 0 Å². The van der Waals surface area contributed by atoms with Crippen LogP contribution < -0.4 is 11.5 Å². The molecule has 0 spiro atoms. The number of nitrogen functional groups attached to an aromatic ring is 2. The number of unbranched alkanes of at least 4 members (excludes halogenated alkanes) is 5. The average Bonchev–Trinajstić information content (AvgIpc) is 2.42. The zero-order valence-electron chi connectivity index (χ0n) is 12.5. The highest BCUT2D eigenvalue weighted by molar-refractivity contribution is 6.01. The van der Waals surface area contributed by atoms with Crippen LogP contribution in [0, 0.1) is 0 Å².